The van der Waals surface area contributed by atoms with Gasteiger partial charge in [0.2, 0.25) is 0 Å². The van der Waals surface area contributed by atoms with Gasteiger partial charge in [-0.05, 0) is 36.4 Å². The zero-order chi connectivity index (χ0) is 13.0. The van der Waals surface area contributed by atoms with Crippen LogP contribution in [0.25, 0.3) is 32.8 Å². The van der Waals surface area contributed by atoms with Crippen molar-refractivity contribution in [2.24, 2.45) is 7.05 Å². The lowest BCUT2D eigenvalue weighted by Gasteiger charge is -2.01. The number of aromatic amines is 1. The van der Waals surface area contributed by atoms with Gasteiger partial charge in [0.25, 0.3) is 5.65 Å². The Bertz CT molecular complexity index is 938. The van der Waals surface area contributed by atoms with E-state index in [-0.39, 0.29) is 0 Å². The molecule has 0 saturated heterocycles. The minimum Gasteiger partial charge on any atom is -0.240 e. The van der Waals surface area contributed by atoms with Gasteiger partial charge in [-0.1, -0.05) is 28.1 Å². The first kappa shape index (κ1) is 11.0. The molecule has 4 rings (SSSR count). The molecule has 0 saturated carbocycles. The van der Waals surface area contributed by atoms with Crippen molar-refractivity contribution in [2.75, 3.05) is 0 Å². The number of aryl methyl sites for hydroxylation is 1. The number of halogens is 1. The molecule has 0 aliphatic carbocycles. The van der Waals surface area contributed by atoms with Crippen LogP contribution in [0.15, 0.2) is 53.0 Å². The average molecular weight is 312 g/mol. The molecule has 92 valence electrons. The van der Waals surface area contributed by atoms with Gasteiger partial charge in [0.05, 0.1) is 12.4 Å². The van der Waals surface area contributed by atoms with Crippen LogP contribution < -0.4 is 4.57 Å². The highest BCUT2D eigenvalue weighted by Crippen LogP contribution is 2.27. The van der Waals surface area contributed by atoms with Gasteiger partial charge in [0, 0.05) is 15.2 Å². The molecule has 2 aromatic carbocycles. The summed E-state index contributed by atoms with van der Waals surface area (Å²) >= 11 is 3.54. The number of nitrogens with zero attached hydrogens (tertiary/aromatic N) is 1. The number of aromatic nitrogens is 2. The Morgan fingerprint density at radius 1 is 1.00 bits per heavy atom. The first-order valence-electron chi connectivity index (χ1n) is 6.23. The van der Waals surface area contributed by atoms with Gasteiger partial charge in [-0.25, -0.2) is 9.55 Å². The zero-order valence-corrected chi connectivity index (χ0v) is 12.0. The van der Waals surface area contributed by atoms with Gasteiger partial charge in [0.15, 0.2) is 0 Å². The van der Waals surface area contributed by atoms with Gasteiger partial charge >= 0.3 is 0 Å². The Hall–Kier alpha value is -1.87. The summed E-state index contributed by atoms with van der Waals surface area (Å²) in [7, 11) is 2.10. The molecule has 3 heteroatoms. The summed E-state index contributed by atoms with van der Waals surface area (Å²) in [5.41, 5.74) is 3.56. The van der Waals surface area contributed by atoms with E-state index in [0.29, 0.717) is 0 Å². The van der Waals surface area contributed by atoms with Crippen LogP contribution >= 0.6 is 15.9 Å². The van der Waals surface area contributed by atoms with E-state index in [4.69, 9.17) is 0 Å². The molecule has 2 nitrogen and oxygen atoms in total. The Morgan fingerprint density at radius 3 is 2.74 bits per heavy atom. The third kappa shape index (κ3) is 1.51. The fourth-order valence-electron chi connectivity index (χ4n) is 2.77. The van der Waals surface area contributed by atoms with Crippen molar-refractivity contribution < 1.29 is 4.57 Å². The van der Waals surface area contributed by atoms with Crippen LogP contribution in [0.1, 0.15) is 0 Å². The molecule has 4 aromatic rings. The first-order chi connectivity index (χ1) is 9.24. The molecule has 0 amide bonds. The molecule has 0 unspecified atom stereocenters. The molecule has 0 aliphatic heterocycles. The lowest BCUT2D eigenvalue weighted by Crippen LogP contribution is -2.30. The number of para-hydroxylation sites is 1. The molecule has 0 aliphatic rings. The van der Waals surface area contributed by atoms with Crippen molar-refractivity contribution in [3.05, 3.63) is 53.0 Å². The van der Waals surface area contributed by atoms with Crippen LogP contribution in [0.3, 0.4) is 0 Å². The standard InChI is InChI=1S/C16H11BrN2/c1-19-15-9-11(17)7-6-10(15)8-13-12-4-2-3-5-14(12)18-16(13)19/h2-9H,1H3/p+1. The van der Waals surface area contributed by atoms with Crippen molar-refractivity contribution in [3.8, 4) is 0 Å². The average Bonchev–Trinajstić information content (AvgIpc) is 2.79. The van der Waals surface area contributed by atoms with E-state index in [1.807, 2.05) is 0 Å². The third-order valence-electron chi connectivity index (χ3n) is 3.71. The number of benzene rings is 2. The predicted octanol–water partition coefficient (Wildman–Crippen LogP) is 4.06. The monoisotopic (exact) mass is 311 g/mol. The summed E-state index contributed by atoms with van der Waals surface area (Å²) in [5.74, 6) is 0. The van der Waals surface area contributed by atoms with Crippen molar-refractivity contribution in [2.45, 2.75) is 0 Å². The molecule has 2 heterocycles. The SMILES string of the molecule is C[n+]1c2cc(Br)ccc2cc2c3ccccc3[nH]c21. The summed E-state index contributed by atoms with van der Waals surface area (Å²) in [6.07, 6.45) is 0. The van der Waals surface area contributed by atoms with E-state index in [9.17, 15) is 0 Å². The maximum Gasteiger partial charge on any atom is 0.287 e. The van der Waals surface area contributed by atoms with Gasteiger partial charge in [0.1, 0.15) is 11.0 Å². The van der Waals surface area contributed by atoms with Crippen molar-refractivity contribution in [1.82, 2.24) is 4.98 Å². The van der Waals surface area contributed by atoms with Crippen LogP contribution in [0.4, 0.5) is 0 Å². The molecule has 0 fully saturated rings. The number of pyridine rings is 1. The Kier molecular flexibility index (Phi) is 2.21. The fourth-order valence-corrected chi connectivity index (χ4v) is 3.11. The van der Waals surface area contributed by atoms with E-state index < -0.39 is 0 Å². The number of fused-ring (bicyclic) bond motifs is 4. The Labute approximate surface area is 118 Å². The molecular formula is C16H12BrN2+. The number of H-pyrrole nitrogens is 1. The fraction of sp³-hybridized carbons (Fsp3) is 0.0625. The molecular weight excluding hydrogens is 300 g/mol. The van der Waals surface area contributed by atoms with Crippen LogP contribution in [0, 0.1) is 0 Å². The highest BCUT2D eigenvalue weighted by Gasteiger charge is 2.15. The minimum absolute atomic E-state index is 1.10. The van der Waals surface area contributed by atoms with Crippen LogP contribution in [-0.2, 0) is 7.05 Å². The summed E-state index contributed by atoms with van der Waals surface area (Å²) in [6, 6.07) is 17.1. The smallest absolute Gasteiger partial charge is 0.240 e. The zero-order valence-electron chi connectivity index (χ0n) is 10.4. The highest BCUT2D eigenvalue weighted by atomic mass is 79.9. The number of nitrogens with one attached hydrogen (secondary N) is 1. The van der Waals surface area contributed by atoms with Crippen LogP contribution in [-0.4, -0.2) is 4.98 Å². The van der Waals surface area contributed by atoms with Gasteiger partial charge < -0.3 is 0 Å². The summed E-state index contributed by atoms with van der Waals surface area (Å²) < 4.78 is 3.32. The van der Waals surface area contributed by atoms with E-state index >= 15 is 0 Å². The number of hydrogen-bond acceptors (Lipinski definition) is 0. The normalized spacial score (nSPS) is 11.7. The van der Waals surface area contributed by atoms with Gasteiger partial charge in [-0.2, -0.15) is 0 Å². The Morgan fingerprint density at radius 2 is 1.84 bits per heavy atom. The second kappa shape index (κ2) is 3.81. The van der Waals surface area contributed by atoms with Crippen LogP contribution in [0.5, 0.6) is 0 Å². The van der Waals surface area contributed by atoms with E-state index in [1.54, 1.807) is 0 Å². The summed E-state index contributed by atoms with van der Waals surface area (Å²) in [6.45, 7) is 0. The quantitative estimate of drug-likeness (QED) is 0.472. The topological polar surface area (TPSA) is 19.7 Å². The molecule has 0 bridgehead atoms. The van der Waals surface area contributed by atoms with Crippen molar-refractivity contribution >= 4 is 48.8 Å². The second-order valence-electron chi connectivity index (χ2n) is 4.84. The van der Waals surface area contributed by atoms with Crippen molar-refractivity contribution in [1.29, 1.82) is 0 Å². The predicted molar refractivity (Wildman–Crippen MR) is 82.2 cm³/mol. The highest BCUT2D eigenvalue weighted by molar-refractivity contribution is 9.10. The number of hydrogen-bond donors (Lipinski definition) is 1. The molecule has 0 spiro atoms. The molecule has 0 atom stereocenters. The minimum atomic E-state index is 1.10. The van der Waals surface area contributed by atoms with Crippen LogP contribution in [0.2, 0.25) is 0 Å². The molecule has 19 heavy (non-hydrogen) atoms. The Balaban J connectivity index is 2.29. The molecule has 0 radical (unpaired) electrons. The van der Waals surface area contributed by atoms with E-state index in [0.717, 1.165) is 10.1 Å². The molecule has 2 aromatic heterocycles. The van der Waals surface area contributed by atoms with E-state index in [2.05, 4.69) is 81.1 Å². The maximum atomic E-state index is 3.54. The number of rotatable bonds is 0. The lowest BCUT2D eigenvalue weighted by atomic mass is 10.1. The summed E-state index contributed by atoms with van der Waals surface area (Å²) in [4.78, 5) is 3.51. The van der Waals surface area contributed by atoms with Gasteiger partial charge in [-0.15, -0.1) is 0 Å². The molecule has 1 N–H and O–H groups in total. The summed E-state index contributed by atoms with van der Waals surface area (Å²) in [5, 5.41) is 3.80. The van der Waals surface area contributed by atoms with Gasteiger partial charge in [-0.3, -0.25) is 0 Å². The third-order valence-corrected chi connectivity index (χ3v) is 4.21. The van der Waals surface area contributed by atoms with Crippen molar-refractivity contribution in [3.63, 3.8) is 0 Å². The maximum absolute atomic E-state index is 3.54. The first-order valence-corrected chi connectivity index (χ1v) is 7.02. The second-order valence-corrected chi connectivity index (χ2v) is 5.76. The largest absolute Gasteiger partial charge is 0.287 e. The lowest BCUT2D eigenvalue weighted by molar-refractivity contribution is -0.619. The van der Waals surface area contributed by atoms with E-state index in [1.165, 1.54) is 27.2 Å².